The van der Waals surface area contributed by atoms with Gasteiger partial charge >= 0.3 is 0 Å². The van der Waals surface area contributed by atoms with Crippen molar-refractivity contribution in [1.29, 1.82) is 0 Å². The summed E-state index contributed by atoms with van der Waals surface area (Å²) < 4.78 is 0. The quantitative estimate of drug-likeness (QED) is 0.0868. The van der Waals surface area contributed by atoms with Crippen molar-refractivity contribution in [3.63, 3.8) is 0 Å². The standard InChI is InChI=1S/C24H41N7O8/c1-6-12(4)19(24(39)30-18(11(2)3)21(27)36)31-23(38)15(8-10-17(25)34)29-22(37)14(28-13(5)32)7-9-16(33)20(26)35/h11-12,14-15,18-19H,6-10H2,1-5H3,(H2,25,34)(H2,26,35)(H2,27,36)(H,28,32)(H,29,37)(H,30,39)(H,31,38)/t12?,14-,15-,18-,19?/m0/s1. The molecule has 0 aromatic rings. The Labute approximate surface area is 227 Å². The fourth-order valence-electron chi connectivity index (χ4n) is 3.51. The van der Waals surface area contributed by atoms with E-state index in [4.69, 9.17) is 17.2 Å². The van der Waals surface area contributed by atoms with E-state index < -0.39 is 83.6 Å². The van der Waals surface area contributed by atoms with Gasteiger partial charge in [-0.3, -0.25) is 38.4 Å². The average molecular weight is 556 g/mol. The lowest BCUT2D eigenvalue weighted by Crippen LogP contribution is -2.60. The van der Waals surface area contributed by atoms with Gasteiger partial charge in [0, 0.05) is 19.8 Å². The molecular weight excluding hydrogens is 514 g/mol. The first-order chi connectivity index (χ1) is 18.0. The van der Waals surface area contributed by atoms with Gasteiger partial charge in [-0.2, -0.15) is 0 Å². The molecule has 0 aromatic heterocycles. The molecule has 0 radical (unpaired) electrons. The zero-order valence-corrected chi connectivity index (χ0v) is 23.0. The van der Waals surface area contributed by atoms with Crippen molar-refractivity contribution < 1.29 is 38.4 Å². The minimum absolute atomic E-state index is 0.245. The van der Waals surface area contributed by atoms with Gasteiger partial charge in [0.25, 0.3) is 5.91 Å². The molecule has 5 atom stereocenters. The highest BCUT2D eigenvalue weighted by Crippen LogP contribution is 2.11. The summed E-state index contributed by atoms with van der Waals surface area (Å²) in [7, 11) is 0. The topological polar surface area (TPSA) is 263 Å². The fourth-order valence-corrected chi connectivity index (χ4v) is 3.51. The molecule has 0 aromatic carbocycles. The zero-order chi connectivity index (χ0) is 30.4. The van der Waals surface area contributed by atoms with Gasteiger partial charge in [-0.15, -0.1) is 0 Å². The first-order valence-electron chi connectivity index (χ1n) is 12.6. The van der Waals surface area contributed by atoms with Crippen LogP contribution >= 0.6 is 0 Å². The normalized spacial score (nSPS) is 14.6. The molecule has 7 amide bonds. The summed E-state index contributed by atoms with van der Waals surface area (Å²) in [6.07, 6.45) is -0.832. The van der Waals surface area contributed by atoms with Gasteiger partial charge < -0.3 is 38.5 Å². The molecule has 0 aliphatic rings. The summed E-state index contributed by atoms with van der Waals surface area (Å²) in [6.45, 7) is 7.97. The number of nitrogens with one attached hydrogen (secondary N) is 4. The van der Waals surface area contributed by atoms with Crippen LogP contribution < -0.4 is 38.5 Å². The molecule has 0 rings (SSSR count). The van der Waals surface area contributed by atoms with E-state index in [9.17, 15) is 38.4 Å². The predicted molar refractivity (Wildman–Crippen MR) is 139 cm³/mol. The second-order valence-corrected chi connectivity index (χ2v) is 9.65. The molecule has 220 valence electrons. The summed E-state index contributed by atoms with van der Waals surface area (Å²) in [4.78, 5) is 96.6. The van der Waals surface area contributed by atoms with Crippen LogP contribution in [0.1, 0.15) is 66.7 Å². The van der Waals surface area contributed by atoms with Gasteiger partial charge in [-0.1, -0.05) is 34.1 Å². The number of hydrogen-bond acceptors (Lipinski definition) is 8. The highest BCUT2D eigenvalue weighted by atomic mass is 16.2. The third-order valence-corrected chi connectivity index (χ3v) is 6.01. The lowest BCUT2D eigenvalue weighted by Gasteiger charge is -2.29. The highest BCUT2D eigenvalue weighted by Gasteiger charge is 2.33. The van der Waals surface area contributed by atoms with Crippen LogP contribution in [0.4, 0.5) is 0 Å². The predicted octanol–water partition coefficient (Wildman–Crippen LogP) is -2.77. The number of carbonyl (C=O) groups is 8. The monoisotopic (exact) mass is 555 g/mol. The van der Waals surface area contributed by atoms with E-state index in [1.54, 1.807) is 27.7 Å². The summed E-state index contributed by atoms with van der Waals surface area (Å²) in [5, 5.41) is 9.82. The van der Waals surface area contributed by atoms with Crippen molar-refractivity contribution in [3.05, 3.63) is 0 Å². The lowest BCUT2D eigenvalue weighted by molar-refractivity contribution is -0.137. The number of ketones is 1. The Balaban J connectivity index is 5.91. The Bertz CT molecular complexity index is 953. The first-order valence-corrected chi connectivity index (χ1v) is 12.6. The molecule has 0 fully saturated rings. The molecule has 0 heterocycles. The van der Waals surface area contributed by atoms with E-state index in [0.29, 0.717) is 6.42 Å². The van der Waals surface area contributed by atoms with Crippen molar-refractivity contribution in [1.82, 2.24) is 21.3 Å². The molecule has 39 heavy (non-hydrogen) atoms. The lowest BCUT2D eigenvalue weighted by atomic mass is 9.96. The number of amides is 7. The molecule has 15 nitrogen and oxygen atoms in total. The second kappa shape index (κ2) is 16.7. The largest absolute Gasteiger partial charge is 0.370 e. The number of nitrogens with two attached hydrogens (primary N) is 3. The maximum absolute atomic E-state index is 13.2. The minimum atomic E-state index is -1.37. The Morgan fingerprint density at radius 2 is 1.15 bits per heavy atom. The van der Waals surface area contributed by atoms with Gasteiger partial charge in [0.2, 0.25) is 41.2 Å². The minimum Gasteiger partial charge on any atom is -0.370 e. The maximum Gasteiger partial charge on any atom is 0.284 e. The zero-order valence-electron chi connectivity index (χ0n) is 23.0. The van der Waals surface area contributed by atoms with E-state index >= 15 is 0 Å². The van der Waals surface area contributed by atoms with Crippen molar-refractivity contribution in [2.24, 2.45) is 29.0 Å². The average Bonchev–Trinajstić information content (AvgIpc) is 2.83. The highest BCUT2D eigenvalue weighted by molar-refractivity contribution is 6.35. The van der Waals surface area contributed by atoms with E-state index in [-0.39, 0.29) is 25.2 Å². The van der Waals surface area contributed by atoms with Crippen LogP contribution in [-0.4, -0.2) is 71.3 Å². The van der Waals surface area contributed by atoms with E-state index in [0.717, 1.165) is 6.92 Å². The smallest absolute Gasteiger partial charge is 0.284 e. The van der Waals surface area contributed by atoms with Gasteiger partial charge in [0.15, 0.2) is 0 Å². The van der Waals surface area contributed by atoms with Crippen molar-refractivity contribution in [2.75, 3.05) is 0 Å². The van der Waals surface area contributed by atoms with Crippen LogP contribution in [0.5, 0.6) is 0 Å². The molecule has 15 heteroatoms. The number of carbonyl (C=O) groups excluding carboxylic acids is 8. The first kappa shape index (κ1) is 35.0. The van der Waals surface area contributed by atoms with Crippen LogP contribution in [0.15, 0.2) is 0 Å². The number of Topliss-reactive ketones (excluding diaryl/α,β-unsaturated/α-hetero) is 1. The maximum atomic E-state index is 13.2. The molecule has 0 aliphatic heterocycles. The molecule has 10 N–H and O–H groups in total. The van der Waals surface area contributed by atoms with Gasteiger partial charge in [0.1, 0.15) is 24.2 Å². The van der Waals surface area contributed by atoms with Crippen LogP contribution in [0.3, 0.4) is 0 Å². The Morgan fingerprint density at radius 3 is 1.59 bits per heavy atom. The molecule has 0 spiro atoms. The molecule has 0 saturated heterocycles. The van der Waals surface area contributed by atoms with Gasteiger partial charge in [-0.25, -0.2) is 0 Å². The number of primary amides is 3. The van der Waals surface area contributed by atoms with Crippen molar-refractivity contribution >= 4 is 47.1 Å². The van der Waals surface area contributed by atoms with E-state index in [1.807, 2.05) is 0 Å². The Kier molecular flexibility index (Phi) is 15.0. The van der Waals surface area contributed by atoms with E-state index in [1.165, 1.54) is 0 Å². The number of rotatable bonds is 18. The second-order valence-electron chi connectivity index (χ2n) is 9.65. The molecule has 0 saturated carbocycles. The van der Waals surface area contributed by atoms with Crippen LogP contribution in [0.25, 0.3) is 0 Å². The molecule has 0 bridgehead atoms. The summed E-state index contributed by atoms with van der Waals surface area (Å²) >= 11 is 0. The van der Waals surface area contributed by atoms with E-state index in [2.05, 4.69) is 21.3 Å². The third kappa shape index (κ3) is 12.8. The third-order valence-electron chi connectivity index (χ3n) is 6.01. The fraction of sp³-hybridized carbons (Fsp3) is 0.667. The SMILES string of the molecule is CCC(C)C(NC(=O)[C@H](CCC(N)=O)NC(=O)[C@H](CCC(=O)C(N)=O)NC(C)=O)C(=O)N[C@H](C(N)=O)C(C)C. The Hall–Kier alpha value is -4.04. The van der Waals surface area contributed by atoms with Crippen LogP contribution in [-0.2, 0) is 38.4 Å². The van der Waals surface area contributed by atoms with Crippen LogP contribution in [0, 0.1) is 11.8 Å². The summed E-state index contributed by atoms with van der Waals surface area (Å²) in [5.41, 5.74) is 15.5. The Morgan fingerprint density at radius 1 is 0.667 bits per heavy atom. The van der Waals surface area contributed by atoms with Crippen LogP contribution in [0.2, 0.25) is 0 Å². The van der Waals surface area contributed by atoms with Gasteiger partial charge in [-0.05, 0) is 24.7 Å². The summed E-state index contributed by atoms with van der Waals surface area (Å²) in [5.74, 6) is -7.42. The molecule has 0 aliphatic carbocycles. The molecule has 2 unspecified atom stereocenters. The summed E-state index contributed by atoms with van der Waals surface area (Å²) in [6, 6.07) is -4.81. The van der Waals surface area contributed by atoms with Gasteiger partial charge in [0.05, 0.1) is 0 Å². The van der Waals surface area contributed by atoms with Crippen molar-refractivity contribution in [3.8, 4) is 0 Å². The number of hydrogen-bond donors (Lipinski definition) is 7. The van der Waals surface area contributed by atoms with Crippen molar-refractivity contribution in [2.45, 2.75) is 90.9 Å². The molecular formula is C24H41N7O8.